The molecule has 1 fully saturated rings. The first-order chi connectivity index (χ1) is 13.6. The minimum Gasteiger partial charge on any atom is -0.342 e. The Hall–Kier alpha value is -2.26. The molecule has 0 aliphatic carbocycles. The second-order valence-electron chi connectivity index (χ2n) is 6.96. The molecule has 1 aromatic carbocycles. The molecule has 1 aliphatic rings. The lowest BCUT2D eigenvalue weighted by Gasteiger charge is -2.32. The van der Waals surface area contributed by atoms with Gasteiger partial charge in [-0.15, -0.1) is 15.3 Å². The fourth-order valence-corrected chi connectivity index (χ4v) is 5.16. The zero-order valence-corrected chi connectivity index (χ0v) is 17.2. The van der Waals surface area contributed by atoms with Gasteiger partial charge in [-0.05, 0) is 37.7 Å². The second kappa shape index (κ2) is 8.40. The highest BCUT2D eigenvalue weighted by atomic mass is 32.2. The quantitative estimate of drug-likeness (QED) is 0.596. The molecule has 0 saturated carbocycles. The number of thioether (sulfide) groups is 1. The Labute approximate surface area is 170 Å². The van der Waals surface area contributed by atoms with Gasteiger partial charge < -0.3 is 4.90 Å². The molecule has 0 atom stereocenters. The number of rotatable bonds is 5. The molecule has 0 bridgehead atoms. The van der Waals surface area contributed by atoms with E-state index < -0.39 is 0 Å². The number of piperidine rings is 1. The number of hydrogen-bond donors (Lipinski definition) is 0. The number of fused-ring (bicyclic) bond motifs is 1. The van der Waals surface area contributed by atoms with E-state index in [9.17, 15) is 9.59 Å². The molecular weight excluding hydrogens is 394 g/mol. The van der Waals surface area contributed by atoms with Crippen LogP contribution in [0.2, 0.25) is 0 Å². The summed E-state index contributed by atoms with van der Waals surface area (Å²) in [4.78, 5) is 27.0. The molecule has 9 heteroatoms. The highest BCUT2D eigenvalue weighted by Crippen LogP contribution is 2.25. The average Bonchev–Trinajstić information content (AvgIpc) is 3.14. The van der Waals surface area contributed by atoms with Gasteiger partial charge in [0.25, 0.3) is 5.56 Å². The van der Waals surface area contributed by atoms with Crippen molar-refractivity contribution in [2.75, 3.05) is 18.8 Å². The summed E-state index contributed by atoms with van der Waals surface area (Å²) in [6, 6.07) is 10.5. The van der Waals surface area contributed by atoms with Gasteiger partial charge >= 0.3 is 0 Å². The van der Waals surface area contributed by atoms with Gasteiger partial charge in [-0.1, -0.05) is 53.4 Å². The van der Waals surface area contributed by atoms with Crippen LogP contribution >= 0.6 is 23.1 Å². The maximum absolute atomic E-state index is 12.6. The van der Waals surface area contributed by atoms with E-state index in [0.29, 0.717) is 26.7 Å². The van der Waals surface area contributed by atoms with Crippen molar-refractivity contribution in [2.24, 2.45) is 5.92 Å². The smallest absolute Gasteiger partial charge is 0.296 e. The van der Waals surface area contributed by atoms with Crippen LogP contribution in [0.15, 0.2) is 39.5 Å². The third-order valence-electron chi connectivity index (χ3n) is 4.98. The normalized spacial score (nSPS) is 15.2. The Bertz CT molecular complexity index is 1030. The Kier molecular flexibility index (Phi) is 5.72. The van der Waals surface area contributed by atoms with E-state index in [2.05, 4.69) is 39.6 Å². The number of likely N-dealkylation sites (tertiary alicyclic amines) is 1. The molecule has 1 aliphatic heterocycles. The van der Waals surface area contributed by atoms with E-state index in [1.807, 2.05) is 11.0 Å². The standard InChI is InChI=1S/C19H21N5O2S2/c1-13-17(26)24-18(21-20-13)28-19(22-24)27-12-16(25)23-9-7-15(8-10-23)11-14-5-3-2-4-6-14/h2-6,15H,7-12H2,1H3. The molecule has 1 amide bonds. The summed E-state index contributed by atoms with van der Waals surface area (Å²) in [7, 11) is 0. The van der Waals surface area contributed by atoms with Crippen LogP contribution < -0.4 is 5.56 Å². The maximum Gasteiger partial charge on any atom is 0.296 e. The van der Waals surface area contributed by atoms with Crippen molar-refractivity contribution in [3.63, 3.8) is 0 Å². The first-order valence-corrected chi connectivity index (χ1v) is 11.1. The van der Waals surface area contributed by atoms with E-state index in [1.165, 1.54) is 33.2 Å². The number of hydrogen-bond acceptors (Lipinski definition) is 7. The monoisotopic (exact) mass is 415 g/mol. The average molecular weight is 416 g/mol. The van der Waals surface area contributed by atoms with Gasteiger partial charge in [-0.3, -0.25) is 9.59 Å². The van der Waals surface area contributed by atoms with Gasteiger partial charge in [-0.2, -0.15) is 4.52 Å². The molecule has 3 heterocycles. The minimum absolute atomic E-state index is 0.122. The van der Waals surface area contributed by atoms with Crippen LogP contribution in [0.3, 0.4) is 0 Å². The zero-order valence-electron chi connectivity index (χ0n) is 15.6. The lowest BCUT2D eigenvalue weighted by molar-refractivity contribution is -0.129. The Morgan fingerprint density at radius 3 is 2.71 bits per heavy atom. The van der Waals surface area contributed by atoms with Crippen LogP contribution in [0, 0.1) is 12.8 Å². The lowest BCUT2D eigenvalue weighted by Crippen LogP contribution is -2.39. The number of carbonyl (C=O) groups excluding carboxylic acids is 1. The number of amides is 1. The number of nitrogens with zero attached hydrogens (tertiary/aromatic N) is 5. The van der Waals surface area contributed by atoms with Crippen molar-refractivity contribution in [1.82, 2.24) is 24.7 Å². The third-order valence-corrected chi connectivity index (χ3v) is 7.00. The Balaban J connectivity index is 1.29. The first kappa shape index (κ1) is 19.1. The van der Waals surface area contributed by atoms with Gasteiger partial charge in [-0.25, -0.2) is 0 Å². The highest BCUT2D eigenvalue weighted by Gasteiger charge is 2.23. The fourth-order valence-electron chi connectivity index (χ4n) is 3.38. The molecule has 2 aromatic heterocycles. The van der Waals surface area contributed by atoms with Crippen molar-refractivity contribution >= 4 is 34.0 Å². The van der Waals surface area contributed by atoms with Crippen LogP contribution in [0.25, 0.3) is 4.96 Å². The SMILES string of the molecule is Cc1nnc2sc(SCC(=O)N3CCC(Cc4ccccc4)CC3)nn2c1=O. The van der Waals surface area contributed by atoms with Crippen LogP contribution in [-0.4, -0.2) is 49.5 Å². The van der Waals surface area contributed by atoms with Gasteiger partial charge in [0.2, 0.25) is 10.9 Å². The van der Waals surface area contributed by atoms with Crippen LogP contribution in [0.4, 0.5) is 0 Å². The summed E-state index contributed by atoms with van der Waals surface area (Å²) >= 11 is 2.64. The van der Waals surface area contributed by atoms with Crippen molar-refractivity contribution in [3.8, 4) is 0 Å². The number of benzene rings is 1. The molecule has 7 nitrogen and oxygen atoms in total. The lowest BCUT2D eigenvalue weighted by atomic mass is 9.90. The highest BCUT2D eigenvalue weighted by molar-refractivity contribution is 8.01. The van der Waals surface area contributed by atoms with Crippen molar-refractivity contribution in [3.05, 3.63) is 51.9 Å². The first-order valence-electron chi connectivity index (χ1n) is 9.28. The summed E-state index contributed by atoms with van der Waals surface area (Å²) in [6.07, 6.45) is 3.16. The molecule has 4 rings (SSSR count). The molecule has 0 spiro atoms. The molecule has 0 radical (unpaired) electrons. The predicted octanol–water partition coefficient (Wildman–Crippen LogP) is 2.43. The van der Waals surface area contributed by atoms with Crippen molar-refractivity contribution in [1.29, 1.82) is 0 Å². The van der Waals surface area contributed by atoms with Gasteiger partial charge in [0.15, 0.2) is 4.34 Å². The molecular formula is C19H21N5O2S2. The molecule has 146 valence electrons. The molecule has 28 heavy (non-hydrogen) atoms. The van der Waals surface area contributed by atoms with Crippen molar-refractivity contribution < 1.29 is 4.79 Å². The topological polar surface area (TPSA) is 80.5 Å². The van der Waals surface area contributed by atoms with Crippen LogP contribution in [0.1, 0.15) is 24.1 Å². The largest absolute Gasteiger partial charge is 0.342 e. The van der Waals surface area contributed by atoms with Gasteiger partial charge in [0.05, 0.1) is 5.75 Å². The van der Waals surface area contributed by atoms with E-state index in [-0.39, 0.29) is 11.5 Å². The summed E-state index contributed by atoms with van der Waals surface area (Å²) in [5.41, 5.74) is 1.42. The van der Waals surface area contributed by atoms with E-state index in [1.54, 1.807) is 6.92 Å². The predicted molar refractivity (Wildman–Crippen MR) is 110 cm³/mol. The molecule has 0 N–H and O–H groups in total. The van der Waals surface area contributed by atoms with Crippen LogP contribution in [0.5, 0.6) is 0 Å². The number of aryl methyl sites for hydroxylation is 1. The molecule has 3 aromatic rings. The maximum atomic E-state index is 12.6. The van der Waals surface area contributed by atoms with Gasteiger partial charge in [0, 0.05) is 13.1 Å². The molecule has 1 saturated heterocycles. The number of aromatic nitrogens is 4. The summed E-state index contributed by atoms with van der Waals surface area (Å²) in [5, 5.41) is 12.1. The van der Waals surface area contributed by atoms with E-state index in [0.717, 1.165) is 32.4 Å². The van der Waals surface area contributed by atoms with Crippen LogP contribution in [-0.2, 0) is 11.2 Å². The van der Waals surface area contributed by atoms with E-state index in [4.69, 9.17) is 0 Å². The fraction of sp³-hybridized carbons (Fsp3) is 0.421. The zero-order chi connectivity index (χ0) is 19.5. The van der Waals surface area contributed by atoms with E-state index >= 15 is 0 Å². The Morgan fingerprint density at radius 2 is 1.96 bits per heavy atom. The third kappa shape index (κ3) is 4.25. The Morgan fingerprint density at radius 1 is 1.21 bits per heavy atom. The minimum atomic E-state index is -0.264. The molecule has 0 unspecified atom stereocenters. The van der Waals surface area contributed by atoms with Gasteiger partial charge in [0.1, 0.15) is 5.69 Å². The summed E-state index contributed by atoms with van der Waals surface area (Å²) < 4.78 is 1.92. The number of carbonyl (C=O) groups is 1. The summed E-state index contributed by atoms with van der Waals surface area (Å²) in [6.45, 7) is 3.22. The summed E-state index contributed by atoms with van der Waals surface area (Å²) in [5.74, 6) is 1.08. The second-order valence-corrected chi connectivity index (χ2v) is 9.13. The van der Waals surface area contributed by atoms with Crippen molar-refractivity contribution in [2.45, 2.75) is 30.5 Å².